The summed E-state index contributed by atoms with van der Waals surface area (Å²) in [5.41, 5.74) is 4.80. The molecule has 0 spiro atoms. The number of halogens is 2. The van der Waals surface area contributed by atoms with Crippen molar-refractivity contribution in [2.75, 3.05) is 0 Å². The zero-order valence-electron chi connectivity index (χ0n) is 13.1. The van der Waals surface area contributed by atoms with Crippen LogP contribution in [0.15, 0.2) is 63.1 Å². The summed E-state index contributed by atoms with van der Waals surface area (Å²) < 4.78 is 39.0. The van der Waals surface area contributed by atoms with E-state index in [1.54, 1.807) is 24.3 Å². The van der Waals surface area contributed by atoms with Crippen molar-refractivity contribution < 1.29 is 17.9 Å². The van der Waals surface area contributed by atoms with E-state index in [0.29, 0.717) is 5.39 Å². The molecular weight excluding hydrogens is 342 g/mol. The molecule has 0 amide bonds. The molecule has 0 fully saturated rings. The van der Waals surface area contributed by atoms with Gasteiger partial charge < -0.3 is 14.9 Å². The molecule has 3 aromatic rings. The van der Waals surface area contributed by atoms with Crippen LogP contribution in [0.4, 0.5) is 8.78 Å². The predicted octanol–water partition coefficient (Wildman–Crippen LogP) is 3.29. The molecule has 26 heavy (non-hydrogen) atoms. The number of nitriles is 1. The SMILES string of the molecule is N#CC1=C(N)Oc2c(c(=O)oc3ccccc23)[C@@H]1c1cccc(F)c1F. The molecule has 2 heterocycles. The summed E-state index contributed by atoms with van der Waals surface area (Å²) in [7, 11) is 0. The van der Waals surface area contributed by atoms with Crippen molar-refractivity contribution in [2.45, 2.75) is 5.92 Å². The van der Waals surface area contributed by atoms with E-state index in [2.05, 4.69) is 0 Å². The highest BCUT2D eigenvalue weighted by atomic mass is 19.2. The Hall–Kier alpha value is -3.66. The molecule has 2 aromatic carbocycles. The van der Waals surface area contributed by atoms with Gasteiger partial charge in [-0.05, 0) is 18.2 Å². The van der Waals surface area contributed by atoms with Crippen LogP contribution in [0.3, 0.4) is 0 Å². The number of rotatable bonds is 1. The van der Waals surface area contributed by atoms with Gasteiger partial charge in [-0.2, -0.15) is 5.26 Å². The second-order valence-corrected chi connectivity index (χ2v) is 5.70. The number of ether oxygens (including phenoxy) is 1. The first kappa shape index (κ1) is 15.8. The normalized spacial score (nSPS) is 16.1. The van der Waals surface area contributed by atoms with E-state index >= 15 is 0 Å². The molecule has 4 rings (SSSR count). The zero-order chi connectivity index (χ0) is 18.4. The summed E-state index contributed by atoms with van der Waals surface area (Å²) in [6.07, 6.45) is 0. The molecule has 1 aromatic heterocycles. The number of hydrogen-bond donors (Lipinski definition) is 1. The van der Waals surface area contributed by atoms with Gasteiger partial charge in [-0.25, -0.2) is 13.6 Å². The lowest BCUT2D eigenvalue weighted by molar-refractivity contribution is 0.385. The molecule has 1 aliphatic heterocycles. The maximum atomic E-state index is 14.4. The van der Waals surface area contributed by atoms with Crippen molar-refractivity contribution in [2.24, 2.45) is 5.73 Å². The molecule has 7 heteroatoms. The molecule has 0 saturated heterocycles. The lowest BCUT2D eigenvalue weighted by Gasteiger charge is -2.26. The number of nitrogens with two attached hydrogens (primary N) is 1. The largest absolute Gasteiger partial charge is 0.439 e. The van der Waals surface area contributed by atoms with Gasteiger partial charge in [-0.1, -0.05) is 24.3 Å². The fourth-order valence-electron chi connectivity index (χ4n) is 3.12. The van der Waals surface area contributed by atoms with Crippen molar-refractivity contribution in [3.05, 3.63) is 87.1 Å². The predicted molar refractivity (Wildman–Crippen MR) is 88.1 cm³/mol. The Labute approximate surface area is 145 Å². The zero-order valence-corrected chi connectivity index (χ0v) is 13.1. The van der Waals surface area contributed by atoms with Gasteiger partial charge in [0.15, 0.2) is 17.4 Å². The van der Waals surface area contributed by atoms with E-state index in [1.165, 1.54) is 12.1 Å². The number of nitrogens with zero attached hydrogens (tertiary/aromatic N) is 1. The van der Waals surface area contributed by atoms with Crippen molar-refractivity contribution >= 4 is 11.0 Å². The van der Waals surface area contributed by atoms with E-state index in [1.807, 2.05) is 6.07 Å². The number of fused-ring (bicyclic) bond motifs is 3. The number of allylic oxidation sites excluding steroid dienone is 1. The van der Waals surface area contributed by atoms with Gasteiger partial charge >= 0.3 is 5.63 Å². The molecule has 0 unspecified atom stereocenters. The fraction of sp³-hybridized carbons (Fsp3) is 0.0526. The summed E-state index contributed by atoms with van der Waals surface area (Å²) in [5.74, 6) is -3.71. The summed E-state index contributed by atoms with van der Waals surface area (Å²) in [6, 6.07) is 11.9. The highest BCUT2D eigenvalue weighted by molar-refractivity contribution is 5.86. The van der Waals surface area contributed by atoms with Crippen molar-refractivity contribution in [1.29, 1.82) is 5.26 Å². The molecule has 2 N–H and O–H groups in total. The molecule has 128 valence electrons. The van der Waals surface area contributed by atoms with Crippen LogP contribution in [0.5, 0.6) is 5.75 Å². The molecular formula is C19H10F2N2O3. The Morgan fingerprint density at radius 3 is 2.65 bits per heavy atom. The monoisotopic (exact) mass is 352 g/mol. The Bertz CT molecular complexity index is 1190. The first-order chi connectivity index (χ1) is 12.5. The third-order valence-electron chi connectivity index (χ3n) is 4.27. The highest BCUT2D eigenvalue weighted by Gasteiger charge is 2.37. The molecule has 1 atom stereocenters. The average molecular weight is 352 g/mol. The van der Waals surface area contributed by atoms with Gasteiger partial charge in [0.05, 0.1) is 16.9 Å². The Morgan fingerprint density at radius 1 is 1.12 bits per heavy atom. The molecule has 0 bridgehead atoms. The third kappa shape index (κ3) is 2.16. The minimum absolute atomic E-state index is 0.0713. The minimum Gasteiger partial charge on any atom is -0.439 e. The third-order valence-corrected chi connectivity index (χ3v) is 4.27. The number of benzene rings is 2. The van der Waals surface area contributed by atoms with E-state index in [-0.39, 0.29) is 33.9 Å². The molecule has 0 aliphatic carbocycles. The first-order valence-electron chi connectivity index (χ1n) is 7.60. The smallest absolute Gasteiger partial charge is 0.344 e. The molecule has 1 aliphatic rings. The molecule has 0 saturated carbocycles. The Balaban J connectivity index is 2.13. The van der Waals surface area contributed by atoms with Crippen LogP contribution in [0, 0.1) is 23.0 Å². The van der Waals surface area contributed by atoms with Gasteiger partial charge in [0.2, 0.25) is 5.88 Å². The van der Waals surface area contributed by atoms with Gasteiger partial charge in [-0.15, -0.1) is 0 Å². The maximum Gasteiger partial charge on any atom is 0.344 e. The van der Waals surface area contributed by atoms with Crippen LogP contribution in [-0.4, -0.2) is 0 Å². The van der Waals surface area contributed by atoms with E-state index in [4.69, 9.17) is 14.9 Å². The minimum atomic E-state index is -1.24. The van der Waals surface area contributed by atoms with Gasteiger partial charge in [0.1, 0.15) is 17.2 Å². The summed E-state index contributed by atoms with van der Waals surface area (Å²) in [6.45, 7) is 0. The van der Waals surface area contributed by atoms with Crippen LogP contribution in [0.2, 0.25) is 0 Å². The standard InChI is InChI=1S/C19H10F2N2O3/c20-12-6-3-5-10(16(12)21)14-11(8-22)18(23)26-17-9-4-1-2-7-13(9)25-19(24)15(14)17/h1-7,14H,23H2/t14-/m1/s1. The summed E-state index contributed by atoms with van der Waals surface area (Å²) >= 11 is 0. The van der Waals surface area contributed by atoms with Crippen LogP contribution >= 0.6 is 0 Å². The van der Waals surface area contributed by atoms with E-state index in [0.717, 1.165) is 6.07 Å². The van der Waals surface area contributed by atoms with E-state index < -0.39 is 23.2 Å². The quantitative estimate of drug-likeness (QED) is 0.679. The van der Waals surface area contributed by atoms with Crippen LogP contribution in [0.25, 0.3) is 11.0 Å². The van der Waals surface area contributed by atoms with E-state index in [9.17, 15) is 18.8 Å². The lowest BCUT2D eigenvalue weighted by Crippen LogP contribution is -2.27. The number of hydrogen-bond acceptors (Lipinski definition) is 5. The van der Waals surface area contributed by atoms with Crippen molar-refractivity contribution in [3.8, 4) is 11.8 Å². The van der Waals surface area contributed by atoms with Gasteiger partial charge in [-0.3, -0.25) is 0 Å². The maximum absolute atomic E-state index is 14.4. The lowest BCUT2D eigenvalue weighted by atomic mass is 9.83. The van der Waals surface area contributed by atoms with Crippen LogP contribution < -0.4 is 16.1 Å². The second kappa shape index (κ2) is 5.70. The van der Waals surface area contributed by atoms with Gasteiger partial charge in [0.25, 0.3) is 0 Å². The topological polar surface area (TPSA) is 89.3 Å². The van der Waals surface area contributed by atoms with Gasteiger partial charge in [0, 0.05) is 5.56 Å². The molecule has 5 nitrogen and oxygen atoms in total. The first-order valence-corrected chi connectivity index (χ1v) is 7.60. The second-order valence-electron chi connectivity index (χ2n) is 5.70. The Kier molecular flexibility index (Phi) is 3.48. The van der Waals surface area contributed by atoms with Crippen molar-refractivity contribution in [3.63, 3.8) is 0 Å². The average Bonchev–Trinajstić information content (AvgIpc) is 2.63. The summed E-state index contributed by atoms with van der Waals surface area (Å²) in [5, 5.41) is 9.90. The fourth-order valence-corrected chi connectivity index (χ4v) is 3.12. The van der Waals surface area contributed by atoms with Crippen LogP contribution in [0.1, 0.15) is 17.0 Å². The van der Waals surface area contributed by atoms with Crippen LogP contribution in [-0.2, 0) is 0 Å². The molecule has 0 radical (unpaired) electrons. The highest BCUT2D eigenvalue weighted by Crippen LogP contribution is 2.44. The Morgan fingerprint density at radius 2 is 1.88 bits per heavy atom. The van der Waals surface area contributed by atoms with Crippen molar-refractivity contribution in [1.82, 2.24) is 0 Å². The summed E-state index contributed by atoms with van der Waals surface area (Å²) in [4.78, 5) is 12.6. The number of para-hydroxylation sites is 1.